The van der Waals surface area contributed by atoms with Crippen molar-refractivity contribution in [3.8, 4) is 0 Å². The minimum atomic E-state index is 0.865. The topological polar surface area (TPSA) is 12.0 Å². The summed E-state index contributed by atoms with van der Waals surface area (Å²) in [6.07, 6.45) is 10.4. The molecule has 0 aromatic heterocycles. The van der Waals surface area contributed by atoms with Crippen molar-refractivity contribution in [2.24, 2.45) is 11.8 Å². The van der Waals surface area contributed by atoms with Crippen LogP contribution in [0.1, 0.15) is 51.9 Å². The molecule has 0 aliphatic heterocycles. The molecule has 2 aliphatic carbocycles. The van der Waals surface area contributed by atoms with Crippen LogP contribution in [0.25, 0.3) is 0 Å². The summed E-state index contributed by atoms with van der Waals surface area (Å²) < 4.78 is 0. The van der Waals surface area contributed by atoms with E-state index in [0.29, 0.717) is 0 Å². The van der Waals surface area contributed by atoms with Crippen LogP contribution in [0.5, 0.6) is 0 Å². The van der Waals surface area contributed by atoms with Gasteiger partial charge in [0.15, 0.2) is 0 Å². The maximum atomic E-state index is 3.68. The fourth-order valence-corrected chi connectivity index (χ4v) is 2.63. The van der Waals surface area contributed by atoms with Crippen molar-refractivity contribution in [2.45, 2.75) is 57.9 Å². The highest BCUT2D eigenvalue weighted by Gasteiger charge is 2.30. The van der Waals surface area contributed by atoms with Crippen molar-refractivity contribution in [2.75, 3.05) is 6.54 Å². The minimum absolute atomic E-state index is 0.865. The van der Waals surface area contributed by atoms with Crippen molar-refractivity contribution < 1.29 is 0 Å². The first kappa shape index (κ1) is 9.51. The van der Waals surface area contributed by atoms with Gasteiger partial charge in [0.25, 0.3) is 0 Å². The van der Waals surface area contributed by atoms with E-state index in [-0.39, 0.29) is 0 Å². The Labute approximate surface area is 82.3 Å². The third kappa shape index (κ3) is 2.25. The van der Waals surface area contributed by atoms with Gasteiger partial charge in [0, 0.05) is 6.04 Å². The lowest BCUT2D eigenvalue weighted by Crippen LogP contribution is -2.41. The van der Waals surface area contributed by atoms with E-state index in [1.54, 1.807) is 0 Å². The molecule has 0 radical (unpaired) electrons. The summed E-state index contributed by atoms with van der Waals surface area (Å²) in [5.74, 6) is 2.10. The van der Waals surface area contributed by atoms with Crippen LogP contribution in [0.2, 0.25) is 0 Å². The van der Waals surface area contributed by atoms with Gasteiger partial charge in [0.05, 0.1) is 0 Å². The summed E-state index contributed by atoms with van der Waals surface area (Å²) in [7, 11) is 0. The molecule has 0 aromatic rings. The van der Waals surface area contributed by atoms with E-state index < -0.39 is 0 Å². The van der Waals surface area contributed by atoms with E-state index in [0.717, 1.165) is 24.4 Å². The van der Waals surface area contributed by atoms with Crippen LogP contribution in [-0.2, 0) is 0 Å². The van der Waals surface area contributed by atoms with Gasteiger partial charge in [-0.05, 0) is 37.6 Å². The second-order valence-electron chi connectivity index (χ2n) is 4.89. The first-order valence-corrected chi connectivity index (χ1v) is 6.13. The molecule has 76 valence electrons. The fourth-order valence-electron chi connectivity index (χ4n) is 2.63. The molecule has 0 spiro atoms. The lowest BCUT2D eigenvalue weighted by atomic mass is 9.72. The third-order valence-corrected chi connectivity index (χ3v) is 4.00. The summed E-state index contributed by atoms with van der Waals surface area (Å²) in [4.78, 5) is 0. The van der Waals surface area contributed by atoms with Gasteiger partial charge in [0.1, 0.15) is 0 Å². The van der Waals surface area contributed by atoms with E-state index in [2.05, 4.69) is 12.2 Å². The molecule has 0 saturated heterocycles. The first-order chi connectivity index (χ1) is 6.40. The van der Waals surface area contributed by atoms with E-state index in [9.17, 15) is 0 Å². The van der Waals surface area contributed by atoms with Crippen LogP contribution in [0.15, 0.2) is 0 Å². The van der Waals surface area contributed by atoms with Crippen molar-refractivity contribution in [1.82, 2.24) is 5.32 Å². The van der Waals surface area contributed by atoms with Gasteiger partial charge >= 0.3 is 0 Å². The quantitative estimate of drug-likeness (QED) is 0.687. The predicted octanol–water partition coefficient (Wildman–Crippen LogP) is 2.95. The maximum absolute atomic E-state index is 3.68. The Morgan fingerprint density at radius 2 is 1.85 bits per heavy atom. The largest absolute Gasteiger partial charge is 0.314 e. The number of hydrogen-bond acceptors (Lipinski definition) is 1. The van der Waals surface area contributed by atoms with Crippen molar-refractivity contribution in [3.63, 3.8) is 0 Å². The minimum Gasteiger partial charge on any atom is -0.314 e. The highest BCUT2D eigenvalue weighted by atomic mass is 14.9. The Morgan fingerprint density at radius 1 is 1.15 bits per heavy atom. The molecule has 1 N–H and O–H groups in total. The normalized spacial score (nSPS) is 26.5. The van der Waals surface area contributed by atoms with Gasteiger partial charge in [-0.15, -0.1) is 0 Å². The lowest BCUT2D eigenvalue weighted by Gasteiger charge is -2.38. The van der Waals surface area contributed by atoms with Crippen molar-refractivity contribution in [1.29, 1.82) is 0 Å². The number of nitrogens with one attached hydrogen (secondary N) is 1. The summed E-state index contributed by atoms with van der Waals surface area (Å²) in [5.41, 5.74) is 0. The third-order valence-electron chi connectivity index (χ3n) is 4.00. The zero-order valence-electron chi connectivity index (χ0n) is 8.89. The zero-order valence-corrected chi connectivity index (χ0v) is 8.89. The van der Waals surface area contributed by atoms with Crippen molar-refractivity contribution >= 4 is 0 Å². The summed E-state index contributed by atoms with van der Waals surface area (Å²) in [6, 6.07) is 0.865. The van der Waals surface area contributed by atoms with Gasteiger partial charge < -0.3 is 5.32 Å². The number of hydrogen-bond donors (Lipinski definition) is 1. The number of rotatable bonds is 5. The second-order valence-corrected chi connectivity index (χ2v) is 4.89. The molecule has 13 heavy (non-hydrogen) atoms. The molecule has 2 saturated carbocycles. The fraction of sp³-hybridized carbons (Fsp3) is 1.00. The van der Waals surface area contributed by atoms with Gasteiger partial charge in [-0.25, -0.2) is 0 Å². The molecule has 1 heteroatoms. The van der Waals surface area contributed by atoms with Gasteiger partial charge in [-0.3, -0.25) is 0 Å². The molecule has 0 heterocycles. The molecule has 0 amide bonds. The molecule has 1 atom stereocenters. The van der Waals surface area contributed by atoms with Crippen LogP contribution < -0.4 is 5.32 Å². The Balaban J connectivity index is 1.73. The monoisotopic (exact) mass is 181 g/mol. The Hall–Kier alpha value is -0.0400. The van der Waals surface area contributed by atoms with E-state index in [1.807, 2.05) is 0 Å². The molecule has 1 nitrogen and oxygen atoms in total. The smallest absolute Gasteiger partial charge is 0.00978 e. The standard InChI is InChI=1S/C12H23N/c1-2-13-12(11-7-4-8-11)9-10-5-3-6-10/h10-13H,2-9H2,1H3. The second kappa shape index (κ2) is 4.45. The molecule has 0 aromatic carbocycles. The van der Waals surface area contributed by atoms with Crippen molar-refractivity contribution in [3.05, 3.63) is 0 Å². The van der Waals surface area contributed by atoms with Gasteiger partial charge in [0.2, 0.25) is 0 Å². The average molecular weight is 181 g/mol. The van der Waals surface area contributed by atoms with Crippen LogP contribution in [0, 0.1) is 11.8 Å². The SMILES string of the molecule is CCNC(CC1CCC1)C1CCC1. The van der Waals surface area contributed by atoms with Crippen LogP contribution in [0.4, 0.5) is 0 Å². The highest BCUT2D eigenvalue weighted by molar-refractivity contribution is 4.86. The molecular weight excluding hydrogens is 158 g/mol. The highest BCUT2D eigenvalue weighted by Crippen LogP contribution is 2.37. The molecule has 0 bridgehead atoms. The molecule has 2 rings (SSSR count). The summed E-state index contributed by atoms with van der Waals surface area (Å²) >= 11 is 0. The zero-order chi connectivity index (χ0) is 9.10. The molecule has 1 unspecified atom stereocenters. The average Bonchev–Trinajstić information content (AvgIpc) is 1.93. The Bertz CT molecular complexity index is 147. The van der Waals surface area contributed by atoms with E-state index >= 15 is 0 Å². The maximum Gasteiger partial charge on any atom is 0.00978 e. The molecular formula is C12H23N. The van der Waals surface area contributed by atoms with Gasteiger partial charge in [-0.2, -0.15) is 0 Å². The molecule has 2 aliphatic rings. The van der Waals surface area contributed by atoms with E-state index in [1.165, 1.54) is 44.9 Å². The van der Waals surface area contributed by atoms with Gasteiger partial charge in [-0.1, -0.05) is 32.6 Å². The first-order valence-electron chi connectivity index (χ1n) is 6.13. The predicted molar refractivity (Wildman–Crippen MR) is 56.8 cm³/mol. The van der Waals surface area contributed by atoms with Crippen LogP contribution in [-0.4, -0.2) is 12.6 Å². The summed E-state index contributed by atoms with van der Waals surface area (Å²) in [5, 5.41) is 3.68. The van der Waals surface area contributed by atoms with Crippen LogP contribution >= 0.6 is 0 Å². The molecule has 2 fully saturated rings. The Morgan fingerprint density at radius 3 is 2.23 bits per heavy atom. The lowest BCUT2D eigenvalue weighted by molar-refractivity contribution is 0.171. The summed E-state index contributed by atoms with van der Waals surface area (Å²) in [6.45, 7) is 3.40. The Kier molecular flexibility index (Phi) is 3.26. The van der Waals surface area contributed by atoms with E-state index in [4.69, 9.17) is 0 Å². The van der Waals surface area contributed by atoms with Crippen LogP contribution in [0.3, 0.4) is 0 Å².